The molecule has 0 N–H and O–H groups in total. The number of carbonyl (C=O) groups is 2. The fraction of sp³-hybridized carbons (Fsp3) is 0.300. The molecule has 0 aliphatic heterocycles. The van der Waals surface area contributed by atoms with Crippen LogP contribution in [0.25, 0.3) is 0 Å². The summed E-state index contributed by atoms with van der Waals surface area (Å²) >= 11 is 5.94. The number of imide groups is 1. The van der Waals surface area contributed by atoms with E-state index in [4.69, 9.17) is 21.1 Å². The summed E-state index contributed by atoms with van der Waals surface area (Å²) in [7, 11) is 0. The molecule has 6 heteroatoms. The number of carbonyl (C=O) groups excluding carboxylic acids is 2. The number of ether oxygens (including phenoxy) is 2. The Kier molecular flexibility index (Phi) is 8.12. The van der Waals surface area contributed by atoms with E-state index in [1.165, 1.54) is 0 Å². The van der Waals surface area contributed by atoms with Crippen LogP contribution >= 0.6 is 11.6 Å². The van der Waals surface area contributed by atoms with E-state index in [0.29, 0.717) is 24.5 Å². The van der Waals surface area contributed by atoms with Gasteiger partial charge in [-0.25, -0.2) is 9.69 Å². The molecule has 2 aromatic rings. The molecular formula is C20H22ClNO4. The number of hydrogen-bond donors (Lipinski definition) is 0. The summed E-state index contributed by atoms with van der Waals surface area (Å²) in [5, 5.41) is 0.645. The second-order valence-electron chi connectivity index (χ2n) is 5.78. The molecule has 2 rings (SSSR count). The number of amides is 2. The first-order valence-electron chi connectivity index (χ1n) is 8.41. The zero-order valence-corrected chi connectivity index (χ0v) is 15.4. The largest absolute Gasteiger partial charge is 0.443 e. The van der Waals surface area contributed by atoms with E-state index in [1.54, 1.807) is 6.07 Å². The van der Waals surface area contributed by atoms with E-state index >= 15 is 0 Å². The molecule has 138 valence electrons. The molecule has 0 aliphatic rings. The third kappa shape index (κ3) is 6.50. The predicted molar refractivity (Wildman–Crippen MR) is 99.7 cm³/mol. The lowest BCUT2D eigenvalue weighted by Crippen LogP contribution is -2.34. The minimum Gasteiger partial charge on any atom is -0.443 e. The summed E-state index contributed by atoms with van der Waals surface area (Å²) < 4.78 is 11.0. The van der Waals surface area contributed by atoms with Crippen molar-refractivity contribution in [1.82, 2.24) is 4.90 Å². The normalized spacial score (nSPS) is 11.6. The van der Waals surface area contributed by atoms with Gasteiger partial charge in [-0.2, -0.15) is 0 Å². The predicted octanol–water partition coefficient (Wildman–Crippen LogP) is 4.43. The molecule has 1 atom stereocenters. The molecule has 0 spiro atoms. The van der Waals surface area contributed by atoms with Gasteiger partial charge in [0.1, 0.15) is 6.10 Å². The monoisotopic (exact) mass is 375 g/mol. The van der Waals surface area contributed by atoms with Gasteiger partial charge in [0.15, 0.2) is 0 Å². The Bertz CT molecular complexity index is 708. The molecule has 0 fully saturated rings. The molecular weight excluding hydrogens is 354 g/mol. The molecule has 5 nitrogen and oxygen atoms in total. The molecule has 0 heterocycles. The Balaban J connectivity index is 1.83. The molecule has 0 bridgehead atoms. The van der Waals surface area contributed by atoms with Crippen LogP contribution < -0.4 is 0 Å². The maximum Gasteiger partial charge on any atom is 0.416 e. The smallest absolute Gasteiger partial charge is 0.416 e. The number of benzene rings is 2. The van der Waals surface area contributed by atoms with Crippen molar-refractivity contribution in [3.8, 4) is 0 Å². The number of rotatable bonds is 9. The van der Waals surface area contributed by atoms with E-state index in [2.05, 4.69) is 0 Å². The van der Waals surface area contributed by atoms with Gasteiger partial charge in [0.25, 0.3) is 0 Å². The topological polar surface area (TPSA) is 55.8 Å². The zero-order valence-electron chi connectivity index (χ0n) is 14.6. The Morgan fingerprint density at radius 1 is 1.15 bits per heavy atom. The van der Waals surface area contributed by atoms with Crippen molar-refractivity contribution in [2.75, 3.05) is 6.61 Å². The van der Waals surface area contributed by atoms with Gasteiger partial charge in [-0.1, -0.05) is 61.0 Å². The van der Waals surface area contributed by atoms with Gasteiger partial charge in [-0.3, -0.25) is 4.79 Å². The Morgan fingerprint density at radius 3 is 2.54 bits per heavy atom. The highest BCUT2D eigenvalue weighted by atomic mass is 35.5. The fourth-order valence-corrected chi connectivity index (χ4v) is 2.52. The van der Waals surface area contributed by atoms with Crippen LogP contribution in [0.2, 0.25) is 5.02 Å². The average Bonchev–Trinajstić information content (AvgIpc) is 2.66. The van der Waals surface area contributed by atoms with Crippen molar-refractivity contribution >= 4 is 24.1 Å². The summed E-state index contributed by atoms with van der Waals surface area (Å²) in [4.78, 5) is 24.5. The molecule has 2 amide bonds. The van der Waals surface area contributed by atoms with Crippen LogP contribution in [-0.4, -0.2) is 30.1 Å². The van der Waals surface area contributed by atoms with Crippen LogP contribution in [0.1, 0.15) is 24.5 Å². The lowest BCUT2D eigenvalue weighted by Gasteiger charge is -2.21. The average molecular weight is 376 g/mol. The molecule has 0 saturated carbocycles. The standard InChI is InChI=1S/C20H22ClNO4/c1-2-19(14-25-13-17-9-6-10-18(21)11-17)26-20(24)22(15-23)12-16-7-4-3-5-8-16/h3-11,15,19H,2,12-14H2,1H3. The van der Waals surface area contributed by atoms with E-state index in [0.717, 1.165) is 16.0 Å². The van der Waals surface area contributed by atoms with Gasteiger partial charge in [0.2, 0.25) is 6.41 Å². The van der Waals surface area contributed by atoms with Gasteiger partial charge < -0.3 is 9.47 Å². The van der Waals surface area contributed by atoms with E-state index < -0.39 is 12.2 Å². The SMILES string of the molecule is CCC(COCc1cccc(Cl)c1)OC(=O)N(C=O)Cc1ccccc1. The lowest BCUT2D eigenvalue weighted by molar-refractivity contribution is -0.118. The first-order chi connectivity index (χ1) is 12.6. The third-order valence-electron chi connectivity index (χ3n) is 3.74. The molecule has 1 unspecified atom stereocenters. The van der Waals surface area contributed by atoms with Crippen molar-refractivity contribution in [3.63, 3.8) is 0 Å². The minimum absolute atomic E-state index is 0.170. The summed E-state index contributed by atoms with van der Waals surface area (Å²) in [5.41, 5.74) is 1.79. The van der Waals surface area contributed by atoms with Gasteiger partial charge in [-0.15, -0.1) is 0 Å². The van der Waals surface area contributed by atoms with Crippen LogP contribution in [0.5, 0.6) is 0 Å². The molecule has 0 aliphatic carbocycles. The first kappa shape index (κ1) is 19.9. The number of nitrogens with zero attached hydrogens (tertiary/aromatic N) is 1. The fourth-order valence-electron chi connectivity index (χ4n) is 2.31. The number of halogens is 1. The second-order valence-corrected chi connectivity index (χ2v) is 6.21. The highest BCUT2D eigenvalue weighted by Crippen LogP contribution is 2.12. The molecule has 0 saturated heterocycles. The minimum atomic E-state index is -0.679. The highest BCUT2D eigenvalue weighted by Gasteiger charge is 2.19. The number of hydrogen-bond acceptors (Lipinski definition) is 4. The van der Waals surface area contributed by atoms with Crippen LogP contribution in [0, 0.1) is 0 Å². The molecule has 26 heavy (non-hydrogen) atoms. The quantitative estimate of drug-likeness (QED) is 0.608. The summed E-state index contributed by atoms with van der Waals surface area (Å²) in [6.07, 6.45) is -0.0456. The van der Waals surface area contributed by atoms with Crippen LogP contribution in [0.4, 0.5) is 4.79 Å². The van der Waals surface area contributed by atoms with Crippen molar-refractivity contribution in [1.29, 1.82) is 0 Å². The van der Waals surface area contributed by atoms with E-state index in [1.807, 2.05) is 55.5 Å². The van der Waals surface area contributed by atoms with E-state index in [-0.39, 0.29) is 13.2 Å². The summed E-state index contributed by atoms with van der Waals surface area (Å²) in [5.74, 6) is 0. The van der Waals surface area contributed by atoms with Crippen LogP contribution in [0.15, 0.2) is 54.6 Å². The Morgan fingerprint density at radius 2 is 1.88 bits per heavy atom. The van der Waals surface area contributed by atoms with Gasteiger partial charge >= 0.3 is 6.09 Å². The van der Waals surface area contributed by atoms with Crippen LogP contribution in [0.3, 0.4) is 0 Å². The van der Waals surface area contributed by atoms with Crippen molar-refractivity contribution < 1.29 is 19.1 Å². The van der Waals surface area contributed by atoms with Gasteiger partial charge in [-0.05, 0) is 29.7 Å². The Labute approximate surface area is 158 Å². The summed E-state index contributed by atoms with van der Waals surface area (Å²) in [6, 6.07) is 16.6. The van der Waals surface area contributed by atoms with Crippen molar-refractivity contribution in [2.24, 2.45) is 0 Å². The molecule has 0 aromatic heterocycles. The maximum atomic E-state index is 12.2. The van der Waals surface area contributed by atoms with Crippen molar-refractivity contribution in [2.45, 2.75) is 32.6 Å². The molecule has 2 aromatic carbocycles. The maximum absolute atomic E-state index is 12.2. The first-order valence-corrected chi connectivity index (χ1v) is 8.78. The van der Waals surface area contributed by atoms with Gasteiger partial charge in [0, 0.05) is 5.02 Å². The summed E-state index contributed by atoms with van der Waals surface area (Å²) in [6.45, 7) is 2.68. The van der Waals surface area contributed by atoms with Crippen molar-refractivity contribution in [3.05, 3.63) is 70.7 Å². The second kappa shape index (κ2) is 10.6. The van der Waals surface area contributed by atoms with Gasteiger partial charge in [0.05, 0.1) is 19.8 Å². The van der Waals surface area contributed by atoms with Crippen LogP contribution in [-0.2, 0) is 27.4 Å². The molecule has 0 radical (unpaired) electrons. The van der Waals surface area contributed by atoms with E-state index in [9.17, 15) is 9.59 Å². The third-order valence-corrected chi connectivity index (χ3v) is 3.98. The highest BCUT2D eigenvalue weighted by molar-refractivity contribution is 6.30. The Hall–Kier alpha value is -2.37. The zero-order chi connectivity index (χ0) is 18.8. The lowest BCUT2D eigenvalue weighted by atomic mass is 10.2.